The Balaban J connectivity index is 1.67. The molecule has 1 heterocycles. The van der Waals surface area contributed by atoms with Gasteiger partial charge in [-0.1, -0.05) is 6.42 Å². The molecule has 3 atom stereocenters. The van der Waals surface area contributed by atoms with Gasteiger partial charge in [-0.3, -0.25) is 4.90 Å². The fourth-order valence-electron chi connectivity index (χ4n) is 3.95. The molecule has 19 heavy (non-hydrogen) atoms. The van der Waals surface area contributed by atoms with E-state index < -0.39 is 15.4 Å². The number of hydrogen-bond acceptors (Lipinski definition) is 4. The van der Waals surface area contributed by atoms with E-state index in [0.717, 1.165) is 38.8 Å². The van der Waals surface area contributed by atoms with Crippen LogP contribution in [0.15, 0.2) is 0 Å². The van der Waals surface area contributed by atoms with Crippen LogP contribution >= 0.6 is 0 Å². The largest absolute Gasteiger partial charge is 0.388 e. The Kier molecular flexibility index (Phi) is 3.43. The lowest BCUT2D eigenvalue weighted by molar-refractivity contribution is -0.0234. The molecule has 3 aliphatic rings. The molecule has 0 aromatic heterocycles. The number of hydrogen-bond donors (Lipinski definition) is 1. The van der Waals surface area contributed by atoms with Gasteiger partial charge in [-0.15, -0.1) is 0 Å². The van der Waals surface area contributed by atoms with Crippen LogP contribution in [0.3, 0.4) is 0 Å². The van der Waals surface area contributed by atoms with Gasteiger partial charge in [0.05, 0.1) is 10.9 Å². The third-order valence-corrected chi connectivity index (χ3v) is 7.00. The Morgan fingerprint density at radius 2 is 1.95 bits per heavy atom. The lowest BCUT2D eigenvalue weighted by Crippen LogP contribution is -2.45. The van der Waals surface area contributed by atoms with Crippen LogP contribution in [0, 0.1) is 5.92 Å². The normalized spacial score (nSPS) is 41.6. The number of rotatable bonds is 3. The van der Waals surface area contributed by atoms with Crippen LogP contribution in [-0.2, 0) is 9.84 Å². The second-order valence-electron chi connectivity index (χ2n) is 6.87. The van der Waals surface area contributed by atoms with Crippen LogP contribution in [0.25, 0.3) is 0 Å². The maximum Gasteiger partial charge on any atom is 0.150 e. The summed E-state index contributed by atoms with van der Waals surface area (Å²) in [6, 6.07) is 0.698. The molecule has 5 heteroatoms. The second-order valence-corrected chi connectivity index (χ2v) is 9.20. The highest BCUT2D eigenvalue weighted by Crippen LogP contribution is 2.42. The third kappa shape index (κ3) is 2.83. The van der Waals surface area contributed by atoms with Crippen molar-refractivity contribution in [2.45, 2.75) is 61.8 Å². The summed E-state index contributed by atoms with van der Waals surface area (Å²) in [6.07, 6.45) is 8.07. The van der Waals surface area contributed by atoms with Crippen LogP contribution in [0.1, 0.15) is 44.9 Å². The number of nitrogens with zero attached hydrogens (tertiary/aromatic N) is 1. The van der Waals surface area contributed by atoms with Gasteiger partial charge >= 0.3 is 0 Å². The summed E-state index contributed by atoms with van der Waals surface area (Å²) in [5.41, 5.74) is -0.633. The van der Waals surface area contributed by atoms with Gasteiger partial charge in [0.1, 0.15) is 9.84 Å². The van der Waals surface area contributed by atoms with E-state index in [0.29, 0.717) is 12.5 Å². The number of likely N-dealkylation sites (tertiary alicyclic amines) is 1. The highest BCUT2D eigenvalue weighted by atomic mass is 32.2. The van der Waals surface area contributed by atoms with E-state index in [4.69, 9.17) is 0 Å². The van der Waals surface area contributed by atoms with Crippen molar-refractivity contribution < 1.29 is 13.5 Å². The van der Waals surface area contributed by atoms with Gasteiger partial charge in [0.15, 0.2) is 0 Å². The predicted molar refractivity (Wildman–Crippen MR) is 74.8 cm³/mol. The van der Waals surface area contributed by atoms with E-state index in [-0.39, 0.29) is 11.2 Å². The molecule has 110 valence electrons. The lowest BCUT2D eigenvalue weighted by Gasteiger charge is -2.38. The minimum atomic E-state index is -2.96. The summed E-state index contributed by atoms with van der Waals surface area (Å²) in [4.78, 5) is 2.41. The quantitative estimate of drug-likeness (QED) is 0.847. The van der Waals surface area contributed by atoms with Gasteiger partial charge < -0.3 is 5.11 Å². The minimum Gasteiger partial charge on any atom is -0.388 e. The van der Waals surface area contributed by atoms with Crippen LogP contribution in [-0.4, -0.2) is 54.7 Å². The van der Waals surface area contributed by atoms with Gasteiger partial charge in [0.25, 0.3) is 0 Å². The van der Waals surface area contributed by atoms with Crippen molar-refractivity contribution in [3.8, 4) is 0 Å². The molecule has 3 unspecified atom stereocenters. The first kappa shape index (κ1) is 13.8. The second kappa shape index (κ2) is 4.71. The smallest absolute Gasteiger partial charge is 0.150 e. The van der Waals surface area contributed by atoms with Gasteiger partial charge in [-0.25, -0.2) is 8.42 Å². The SMILES string of the molecule is CS(=O)(=O)C1CCCC(C2(O)CCN(C3CC3)C2)C1. The van der Waals surface area contributed by atoms with Crippen molar-refractivity contribution in [2.75, 3.05) is 19.3 Å². The fraction of sp³-hybridized carbons (Fsp3) is 1.00. The molecular weight excluding hydrogens is 262 g/mol. The number of sulfone groups is 1. The van der Waals surface area contributed by atoms with Gasteiger partial charge in [0, 0.05) is 25.4 Å². The van der Waals surface area contributed by atoms with Crippen LogP contribution in [0.2, 0.25) is 0 Å². The predicted octanol–water partition coefficient (Wildman–Crippen LogP) is 1.19. The van der Waals surface area contributed by atoms with Crippen molar-refractivity contribution in [3.05, 3.63) is 0 Å². The van der Waals surface area contributed by atoms with Gasteiger partial charge in [0.2, 0.25) is 0 Å². The molecule has 0 aromatic carbocycles. The Bertz CT molecular complexity index is 446. The summed E-state index contributed by atoms with van der Waals surface area (Å²) >= 11 is 0. The van der Waals surface area contributed by atoms with Crippen molar-refractivity contribution >= 4 is 9.84 Å². The van der Waals surface area contributed by atoms with Crippen LogP contribution in [0.4, 0.5) is 0 Å². The van der Waals surface area contributed by atoms with Crippen molar-refractivity contribution in [1.29, 1.82) is 0 Å². The average molecular weight is 287 g/mol. The van der Waals surface area contributed by atoms with Crippen LogP contribution < -0.4 is 0 Å². The zero-order valence-electron chi connectivity index (χ0n) is 11.7. The monoisotopic (exact) mass is 287 g/mol. The van der Waals surface area contributed by atoms with E-state index >= 15 is 0 Å². The highest BCUT2D eigenvalue weighted by Gasteiger charge is 2.48. The minimum absolute atomic E-state index is 0.171. The first-order valence-electron chi connectivity index (χ1n) is 7.54. The number of β-amino-alcohol motifs (C(OH)–C–C–N with tert-alkyl or cyclic N) is 1. The molecule has 0 bridgehead atoms. The van der Waals surface area contributed by atoms with Crippen molar-refractivity contribution in [1.82, 2.24) is 4.90 Å². The molecule has 0 amide bonds. The van der Waals surface area contributed by atoms with Gasteiger partial charge in [-0.2, -0.15) is 0 Å². The number of aliphatic hydroxyl groups is 1. The molecule has 2 aliphatic carbocycles. The standard InChI is InChI=1S/C14H25NO3S/c1-19(17,18)13-4-2-3-11(9-13)14(16)7-8-15(10-14)12-5-6-12/h11-13,16H,2-10H2,1H3. The molecule has 1 aliphatic heterocycles. The van der Waals surface area contributed by atoms with Crippen molar-refractivity contribution in [2.24, 2.45) is 5.92 Å². The Morgan fingerprint density at radius 1 is 1.21 bits per heavy atom. The summed E-state index contributed by atoms with van der Waals surface area (Å²) in [7, 11) is -2.96. The van der Waals surface area contributed by atoms with E-state index in [2.05, 4.69) is 4.90 Å². The van der Waals surface area contributed by atoms with E-state index in [1.807, 2.05) is 0 Å². The molecule has 0 spiro atoms. The Labute approximate surface area is 116 Å². The van der Waals surface area contributed by atoms with Gasteiger partial charge in [-0.05, 0) is 44.4 Å². The maximum atomic E-state index is 11.7. The van der Waals surface area contributed by atoms with E-state index in [9.17, 15) is 13.5 Å². The first-order valence-corrected chi connectivity index (χ1v) is 9.49. The molecule has 2 saturated carbocycles. The van der Waals surface area contributed by atoms with E-state index in [1.165, 1.54) is 19.1 Å². The topological polar surface area (TPSA) is 57.6 Å². The molecule has 1 saturated heterocycles. The summed E-state index contributed by atoms with van der Waals surface area (Å²) in [6.45, 7) is 1.75. The van der Waals surface area contributed by atoms with E-state index in [1.54, 1.807) is 0 Å². The molecule has 3 fully saturated rings. The fourth-order valence-corrected chi connectivity index (χ4v) is 5.13. The summed E-state index contributed by atoms with van der Waals surface area (Å²) < 4.78 is 23.5. The van der Waals surface area contributed by atoms with Crippen LogP contribution in [0.5, 0.6) is 0 Å². The molecule has 0 radical (unpaired) electrons. The van der Waals surface area contributed by atoms with Crippen molar-refractivity contribution in [3.63, 3.8) is 0 Å². The zero-order chi connectivity index (χ0) is 13.7. The Morgan fingerprint density at radius 3 is 2.58 bits per heavy atom. The third-order valence-electron chi connectivity index (χ3n) is 5.36. The summed E-state index contributed by atoms with van der Waals surface area (Å²) in [5, 5.41) is 10.7. The summed E-state index contributed by atoms with van der Waals surface area (Å²) in [5.74, 6) is 0.171. The zero-order valence-corrected chi connectivity index (χ0v) is 12.5. The first-order chi connectivity index (χ1) is 8.88. The molecular formula is C14H25NO3S. The molecule has 4 nitrogen and oxygen atoms in total. The lowest BCUT2D eigenvalue weighted by atomic mass is 9.76. The Hall–Kier alpha value is -0.130. The average Bonchev–Trinajstić information content (AvgIpc) is 3.12. The molecule has 0 aromatic rings. The highest BCUT2D eigenvalue weighted by molar-refractivity contribution is 7.91. The molecule has 3 rings (SSSR count). The maximum absolute atomic E-state index is 11.7. The molecule has 1 N–H and O–H groups in total.